The Kier molecular flexibility index (Phi) is 10.3. The topological polar surface area (TPSA) is 59.0 Å². The fourth-order valence-electron chi connectivity index (χ4n) is 5.25. The number of phenolic OH excluding ortho intramolecular Hbond substituents is 1. The maximum Gasteiger partial charge on any atom is 0.342 e. The van der Waals surface area contributed by atoms with Crippen molar-refractivity contribution in [2.75, 3.05) is 25.1 Å². The van der Waals surface area contributed by atoms with E-state index in [4.69, 9.17) is 9.47 Å². The summed E-state index contributed by atoms with van der Waals surface area (Å²) >= 11 is 0. The van der Waals surface area contributed by atoms with Gasteiger partial charge in [-0.3, -0.25) is 0 Å². The lowest BCUT2D eigenvalue weighted by Gasteiger charge is -2.28. The Balaban J connectivity index is 1.47. The SMILES string of the molecule is Cc1ccc(OCCCN(C)c2c(C(C)C)cccc2C(C)C)c(-c2cccc(C(=O)OCc3ccccc3)c2O)c1. The minimum absolute atomic E-state index is 0.114. The highest BCUT2D eigenvalue weighted by molar-refractivity contribution is 5.96. The number of ether oxygens (including phenoxy) is 2. The number of hydrogen-bond donors (Lipinski definition) is 1. The van der Waals surface area contributed by atoms with Gasteiger partial charge in [0.15, 0.2) is 0 Å². The van der Waals surface area contributed by atoms with Gasteiger partial charge in [0.25, 0.3) is 0 Å². The van der Waals surface area contributed by atoms with E-state index in [9.17, 15) is 9.90 Å². The maximum absolute atomic E-state index is 12.9. The molecule has 4 aromatic carbocycles. The number of aryl methyl sites for hydroxylation is 1. The predicted octanol–water partition coefficient (Wildman–Crippen LogP) is 8.88. The van der Waals surface area contributed by atoms with Gasteiger partial charge < -0.3 is 19.5 Å². The van der Waals surface area contributed by atoms with E-state index in [-0.39, 0.29) is 17.9 Å². The Labute approximate surface area is 250 Å². The molecule has 0 aliphatic heterocycles. The van der Waals surface area contributed by atoms with Gasteiger partial charge in [0, 0.05) is 30.4 Å². The summed E-state index contributed by atoms with van der Waals surface area (Å²) < 4.78 is 11.8. The van der Waals surface area contributed by atoms with Crippen molar-refractivity contribution in [1.82, 2.24) is 0 Å². The van der Waals surface area contributed by atoms with Crippen LogP contribution in [0.5, 0.6) is 11.5 Å². The third-order valence-electron chi connectivity index (χ3n) is 7.51. The second-order valence-corrected chi connectivity index (χ2v) is 11.5. The zero-order valence-corrected chi connectivity index (χ0v) is 25.7. The predicted molar refractivity (Wildman–Crippen MR) is 172 cm³/mol. The van der Waals surface area contributed by atoms with Crippen molar-refractivity contribution in [3.05, 3.63) is 113 Å². The fourth-order valence-corrected chi connectivity index (χ4v) is 5.25. The molecule has 5 heteroatoms. The first kappa shape index (κ1) is 30.7. The Morgan fingerprint density at radius 3 is 2.17 bits per heavy atom. The van der Waals surface area contributed by atoms with Crippen molar-refractivity contribution in [2.24, 2.45) is 0 Å². The Hall–Kier alpha value is -4.25. The second-order valence-electron chi connectivity index (χ2n) is 11.5. The van der Waals surface area contributed by atoms with Crippen LogP contribution in [0.3, 0.4) is 0 Å². The van der Waals surface area contributed by atoms with Gasteiger partial charge >= 0.3 is 5.97 Å². The molecule has 4 rings (SSSR count). The smallest absolute Gasteiger partial charge is 0.342 e. The molecule has 0 bridgehead atoms. The molecule has 0 atom stereocenters. The molecule has 0 radical (unpaired) electrons. The number of rotatable bonds is 12. The number of aromatic hydroxyl groups is 1. The highest BCUT2D eigenvalue weighted by atomic mass is 16.5. The zero-order valence-electron chi connectivity index (χ0n) is 25.7. The Bertz CT molecular complexity index is 1470. The third-order valence-corrected chi connectivity index (χ3v) is 7.51. The maximum atomic E-state index is 12.9. The van der Waals surface area contributed by atoms with E-state index in [0.29, 0.717) is 29.8 Å². The first-order valence-corrected chi connectivity index (χ1v) is 14.8. The molecule has 0 fully saturated rings. The number of para-hydroxylation sites is 2. The van der Waals surface area contributed by atoms with E-state index in [0.717, 1.165) is 29.7 Å². The van der Waals surface area contributed by atoms with Crippen LogP contribution in [-0.2, 0) is 11.3 Å². The standard InChI is InChI=1S/C37H43NO4/c1-25(2)29-15-10-16-30(26(3)4)35(29)38(6)21-12-22-41-34-20-19-27(5)23-33(34)31-17-11-18-32(36(31)39)37(40)42-24-28-13-8-7-9-14-28/h7-11,13-20,23,25-26,39H,12,21-22,24H2,1-6H3. The van der Waals surface area contributed by atoms with E-state index in [1.165, 1.54) is 16.8 Å². The summed E-state index contributed by atoms with van der Waals surface area (Å²) in [6.45, 7) is 12.5. The van der Waals surface area contributed by atoms with E-state index < -0.39 is 5.97 Å². The summed E-state index contributed by atoms with van der Waals surface area (Å²) in [5.74, 6) is 0.855. The molecule has 0 saturated carbocycles. The number of phenols is 1. The van der Waals surface area contributed by atoms with Gasteiger partial charge in [-0.2, -0.15) is 0 Å². The molecule has 0 aromatic heterocycles. The molecule has 42 heavy (non-hydrogen) atoms. The van der Waals surface area contributed by atoms with Crippen LogP contribution in [0.1, 0.15) is 78.6 Å². The fraction of sp³-hybridized carbons (Fsp3) is 0.324. The molecule has 4 aromatic rings. The van der Waals surface area contributed by atoms with Crippen LogP contribution < -0.4 is 9.64 Å². The molecule has 0 aliphatic rings. The van der Waals surface area contributed by atoms with Gasteiger partial charge in [0.2, 0.25) is 0 Å². The quantitative estimate of drug-likeness (QED) is 0.137. The van der Waals surface area contributed by atoms with Gasteiger partial charge in [-0.05, 0) is 60.1 Å². The molecular weight excluding hydrogens is 522 g/mol. The average molecular weight is 566 g/mol. The molecule has 220 valence electrons. The summed E-state index contributed by atoms with van der Waals surface area (Å²) in [6.07, 6.45) is 0.825. The van der Waals surface area contributed by atoms with Gasteiger partial charge in [-0.15, -0.1) is 0 Å². The highest BCUT2D eigenvalue weighted by Gasteiger charge is 2.20. The van der Waals surface area contributed by atoms with Crippen molar-refractivity contribution < 1.29 is 19.4 Å². The van der Waals surface area contributed by atoms with Crippen molar-refractivity contribution in [3.63, 3.8) is 0 Å². The molecule has 1 N–H and O–H groups in total. The van der Waals surface area contributed by atoms with Crippen LogP contribution in [0.15, 0.2) is 84.9 Å². The second kappa shape index (κ2) is 14.1. The first-order chi connectivity index (χ1) is 20.2. The number of benzene rings is 4. The average Bonchev–Trinajstić information content (AvgIpc) is 2.98. The van der Waals surface area contributed by atoms with Crippen LogP contribution in [0, 0.1) is 6.92 Å². The van der Waals surface area contributed by atoms with E-state index in [2.05, 4.69) is 57.8 Å². The number of anilines is 1. The number of carbonyl (C=O) groups is 1. The molecule has 5 nitrogen and oxygen atoms in total. The largest absolute Gasteiger partial charge is 0.506 e. The summed E-state index contributed by atoms with van der Waals surface area (Å²) in [5.41, 5.74) is 7.36. The first-order valence-electron chi connectivity index (χ1n) is 14.8. The molecule has 0 spiro atoms. The van der Waals surface area contributed by atoms with Crippen molar-refractivity contribution >= 4 is 11.7 Å². The van der Waals surface area contributed by atoms with Crippen molar-refractivity contribution in [2.45, 2.75) is 59.5 Å². The molecule has 0 heterocycles. The molecule has 0 aliphatic carbocycles. The lowest BCUT2D eigenvalue weighted by atomic mass is 9.92. The summed E-state index contributed by atoms with van der Waals surface area (Å²) in [4.78, 5) is 15.2. The lowest BCUT2D eigenvalue weighted by molar-refractivity contribution is 0.0469. The monoisotopic (exact) mass is 565 g/mol. The van der Waals surface area contributed by atoms with Crippen LogP contribution >= 0.6 is 0 Å². The number of esters is 1. The lowest BCUT2D eigenvalue weighted by Crippen LogP contribution is -2.23. The zero-order chi connectivity index (χ0) is 30.2. The number of nitrogens with zero attached hydrogens (tertiary/aromatic N) is 1. The summed E-state index contributed by atoms with van der Waals surface area (Å²) in [6, 6.07) is 27.2. The van der Waals surface area contributed by atoms with Gasteiger partial charge in [0.1, 0.15) is 23.7 Å². The number of hydrogen-bond acceptors (Lipinski definition) is 5. The highest BCUT2D eigenvalue weighted by Crippen LogP contribution is 2.39. The van der Waals surface area contributed by atoms with Crippen LogP contribution in [0.2, 0.25) is 0 Å². The van der Waals surface area contributed by atoms with Gasteiger partial charge in [-0.25, -0.2) is 4.79 Å². The Morgan fingerprint density at radius 2 is 1.50 bits per heavy atom. The molecular formula is C37H43NO4. The van der Waals surface area contributed by atoms with Crippen molar-refractivity contribution in [1.29, 1.82) is 0 Å². The van der Waals surface area contributed by atoms with E-state index in [1.54, 1.807) is 18.2 Å². The van der Waals surface area contributed by atoms with Crippen molar-refractivity contribution in [3.8, 4) is 22.6 Å². The normalized spacial score (nSPS) is 11.1. The number of carbonyl (C=O) groups excluding carboxylic acids is 1. The summed E-state index contributed by atoms with van der Waals surface area (Å²) in [7, 11) is 2.16. The minimum Gasteiger partial charge on any atom is -0.506 e. The van der Waals surface area contributed by atoms with Gasteiger partial charge in [-0.1, -0.05) is 100.0 Å². The van der Waals surface area contributed by atoms with Crippen LogP contribution in [0.25, 0.3) is 11.1 Å². The molecule has 0 unspecified atom stereocenters. The summed E-state index contributed by atoms with van der Waals surface area (Å²) in [5, 5.41) is 11.2. The van der Waals surface area contributed by atoms with Gasteiger partial charge in [0.05, 0.1) is 6.61 Å². The van der Waals surface area contributed by atoms with E-state index in [1.807, 2.05) is 55.5 Å². The molecule has 0 amide bonds. The minimum atomic E-state index is -0.571. The Morgan fingerprint density at radius 1 is 0.833 bits per heavy atom. The molecule has 0 saturated heterocycles. The third kappa shape index (κ3) is 7.33. The van der Waals surface area contributed by atoms with Crippen LogP contribution in [0.4, 0.5) is 5.69 Å². The van der Waals surface area contributed by atoms with Crippen LogP contribution in [-0.4, -0.2) is 31.3 Å². The van der Waals surface area contributed by atoms with E-state index >= 15 is 0 Å².